The lowest BCUT2D eigenvalue weighted by Gasteiger charge is -2.30. The molecule has 0 saturated carbocycles. The molecule has 0 saturated heterocycles. The van der Waals surface area contributed by atoms with Gasteiger partial charge in [-0.1, -0.05) is 157 Å². The van der Waals surface area contributed by atoms with Crippen molar-refractivity contribution < 1.29 is 0 Å². The van der Waals surface area contributed by atoms with Crippen molar-refractivity contribution in [1.29, 1.82) is 0 Å². The van der Waals surface area contributed by atoms with E-state index in [-0.39, 0.29) is 0 Å². The summed E-state index contributed by atoms with van der Waals surface area (Å²) in [7, 11) is 0. The summed E-state index contributed by atoms with van der Waals surface area (Å²) in [5, 5.41) is 3.68. The highest BCUT2D eigenvalue weighted by molar-refractivity contribution is 4.75. The second kappa shape index (κ2) is 22.4. The van der Waals surface area contributed by atoms with Gasteiger partial charge in [-0.2, -0.15) is 0 Å². The Labute approximate surface area is 212 Å². The fourth-order valence-corrected chi connectivity index (χ4v) is 5.95. The Morgan fingerprint density at radius 1 is 0.333 bits per heavy atom. The Kier molecular flexibility index (Phi) is 22.4. The average Bonchev–Trinajstić information content (AvgIpc) is 2.86. The summed E-state index contributed by atoms with van der Waals surface area (Å²) in [6, 6.07) is 0. The molecular weight excluding hydrogens is 398 g/mol. The molecule has 0 aliphatic carbocycles. The van der Waals surface area contributed by atoms with Crippen LogP contribution in [0.25, 0.3) is 0 Å². The molecule has 0 bridgehead atoms. The molecule has 200 valence electrons. The van der Waals surface area contributed by atoms with Gasteiger partial charge >= 0.3 is 0 Å². The maximum absolute atomic E-state index is 3.68. The fraction of sp³-hybridized carbons (Fsp3) is 1.00. The van der Waals surface area contributed by atoms with Crippen molar-refractivity contribution in [2.45, 2.75) is 183 Å². The van der Waals surface area contributed by atoms with Crippen molar-refractivity contribution in [2.24, 2.45) is 10.8 Å². The average molecular weight is 466 g/mol. The number of unbranched alkanes of at least 4 members (excludes halogenated alkanes) is 12. The second-order valence-electron chi connectivity index (χ2n) is 11.3. The lowest BCUT2D eigenvalue weighted by molar-refractivity contribution is 0.220. The first-order valence-electron chi connectivity index (χ1n) is 15.8. The Morgan fingerprint density at radius 2 is 0.576 bits per heavy atom. The highest BCUT2D eigenvalue weighted by atomic mass is 14.8. The summed E-state index contributed by atoms with van der Waals surface area (Å²) in [6.45, 7) is 16.8. The third-order valence-electron chi connectivity index (χ3n) is 9.62. The van der Waals surface area contributed by atoms with Gasteiger partial charge in [0.05, 0.1) is 0 Å². The monoisotopic (exact) mass is 466 g/mol. The number of hydrogen-bond donors (Lipinski definition) is 1. The van der Waals surface area contributed by atoms with Gasteiger partial charge in [0.1, 0.15) is 0 Å². The highest BCUT2D eigenvalue weighted by Crippen LogP contribution is 2.37. The summed E-state index contributed by atoms with van der Waals surface area (Å²) in [4.78, 5) is 0. The lowest BCUT2D eigenvalue weighted by atomic mass is 9.75. The maximum Gasteiger partial charge on any atom is -0.00489 e. The van der Waals surface area contributed by atoms with Gasteiger partial charge in [0.2, 0.25) is 0 Å². The zero-order chi connectivity index (χ0) is 24.7. The van der Waals surface area contributed by atoms with Crippen molar-refractivity contribution in [3.8, 4) is 0 Å². The van der Waals surface area contributed by atoms with E-state index in [1.165, 1.54) is 154 Å². The van der Waals surface area contributed by atoms with Crippen molar-refractivity contribution in [2.75, 3.05) is 13.1 Å². The predicted molar refractivity (Wildman–Crippen MR) is 153 cm³/mol. The summed E-state index contributed by atoms with van der Waals surface area (Å²) >= 11 is 0. The van der Waals surface area contributed by atoms with Crippen LogP contribution in [0, 0.1) is 10.8 Å². The molecule has 0 aliphatic heterocycles. The first-order chi connectivity index (χ1) is 16.1. The SMILES string of the molecule is CCC(CC)(CC)CCCCCCCCCNCCCCCCCCCC(CC)(CC)CC. The van der Waals surface area contributed by atoms with Gasteiger partial charge in [0.15, 0.2) is 0 Å². The van der Waals surface area contributed by atoms with Crippen LogP contribution < -0.4 is 5.32 Å². The van der Waals surface area contributed by atoms with E-state index in [1.54, 1.807) is 0 Å². The van der Waals surface area contributed by atoms with Gasteiger partial charge in [0.25, 0.3) is 0 Å². The third-order valence-corrected chi connectivity index (χ3v) is 9.62. The molecule has 0 heterocycles. The molecule has 0 aromatic rings. The van der Waals surface area contributed by atoms with Crippen LogP contribution in [-0.4, -0.2) is 13.1 Å². The fourth-order valence-electron chi connectivity index (χ4n) is 5.95. The molecule has 0 amide bonds. The maximum atomic E-state index is 3.68. The summed E-state index contributed by atoms with van der Waals surface area (Å²) in [6.07, 6.45) is 31.2. The predicted octanol–water partition coefficient (Wildman–Crippen LogP) is 11.3. The molecule has 0 aromatic heterocycles. The molecule has 0 atom stereocenters. The molecule has 0 fully saturated rings. The second-order valence-corrected chi connectivity index (χ2v) is 11.3. The van der Waals surface area contributed by atoms with E-state index in [4.69, 9.17) is 0 Å². The van der Waals surface area contributed by atoms with Gasteiger partial charge in [-0.05, 0) is 49.6 Å². The Bertz CT molecular complexity index is 327. The minimum absolute atomic E-state index is 0.649. The van der Waals surface area contributed by atoms with Gasteiger partial charge in [-0.25, -0.2) is 0 Å². The number of hydrogen-bond acceptors (Lipinski definition) is 1. The van der Waals surface area contributed by atoms with Crippen molar-refractivity contribution in [1.82, 2.24) is 5.32 Å². The molecule has 0 aromatic carbocycles. The molecule has 0 rings (SSSR count). The third kappa shape index (κ3) is 16.3. The van der Waals surface area contributed by atoms with Gasteiger partial charge in [0, 0.05) is 0 Å². The highest BCUT2D eigenvalue weighted by Gasteiger charge is 2.23. The van der Waals surface area contributed by atoms with E-state index in [2.05, 4.69) is 46.9 Å². The topological polar surface area (TPSA) is 12.0 Å². The zero-order valence-corrected chi connectivity index (χ0v) is 24.5. The van der Waals surface area contributed by atoms with Crippen molar-refractivity contribution >= 4 is 0 Å². The van der Waals surface area contributed by atoms with E-state index in [1.807, 2.05) is 0 Å². The molecular formula is C32H67N. The van der Waals surface area contributed by atoms with E-state index in [9.17, 15) is 0 Å². The molecule has 33 heavy (non-hydrogen) atoms. The smallest absolute Gasteiger partial charge is 0.00489 e. The minimum atomic E-state index is 0.649. The first kappa shape index (κ1) is 33.0. The lowest BCUT2D eigenvalue weighted by Crippen LogP contribution is -2.17. The van der Waals surface area contributed by atoms with E-state index in [0.717, 1.165) is 0 Å². The van der Waals surface area contributed by atoms with E-state index in [0.29, 0.717) is 10.8 Å². The van der Waals surface area contributed by atoms with Crippen LogP contribution >= 0.6 is 0 Å². The molecule has 0 unspecified atom stereocenters. The summed E-state index contributed by atoms with van der Waals surface area (Å²) < 4.78 is 0. The van der Waals surface area contributed by atoms with Crippen molar-refractivity contribution in [3.63, 3.8) is 0 Å². The molecule has 0 aliphatic rings. The molecule has 0 spiro atoms. The Balaban J connectivity index is 3.32. The largest absolute Gasteiger partial charge is 0.317 e. The summed E-state index contributed by atoms with van der Waals surface area (Å²) in [5.74, 6) is 0. The van der Waals surface area contributed by atoms with Crippen LogP contribution in [0.1, 0.15) is 183 Å². The van der Waals surface area contributed by atoms with Crippen LogP contribution in [0.2, 0.25) is 0 Å². The van der Waals surface area contributed by atoms with Crippen molar-refractivity contribution in [3.05, 3.63) is 0 Å². The van der Waals surface area contributed by atoms with Gasteiger partial charge in [-0.15, -0.1) is 0 Å². The normalized spacial score (nSPS) is 12.5. The quantitative estimate of drug-likeness (QED) is 0.125. The molecule has 1 heteroatoms. The van der Waals surface area contributed by atoms with Crippen LogP contribution in [-0.2, 0) is 0 Å². The van der Waals surface area contributed by atoms with Crippen LogP contribution in [0.4, 0.5) is 0 Å². The van der Waals surface area contributed by atoms with Crippen LogP contribution in [0.15, 0.2) is 0 Å². The van der Waals surface area contributed by atoms with E-state index >= 15 is 0 Å². The number of rotatable bonds is 26. The van der Waals surface area contributed by atoms with Crippen LogP contribution in [0.3, 0.4) is 0 Å². The molecule has 0 radical (unpaired) electrons. The molecule has 1 nitrogen and oxygen atoms in total. The Hall–Kier alpha value is -0.0400. The standard InChI is InChI=1S/C32H67N/c1-7-31(8-2,9-3)27-23-19-15-13-17-21-25-29-33-30-26-22-18-14-16-20-24-28-32(10-4,11-5)12-6/h33H,7-30H2,1-6H3. The van der Waals surface area contributed by atoms with Crippen LogP contribution in [0.5, 0.6) is 0 Å². The minimum Gasteiger partial charge on any atom is -0.317 e. The van der Waals surface area contributed by atoms with Gasteiger partial charge in [-0.3, -0.25) is 0 Å². The zero-order valence-electron chi connectivity index (χ0n) is 24.5. The first-order valence-corrected chi connectivity index (χ1v) is 15.8. The Morgan fingerprint density at radius 3 is 0.848 bits per heavy atom. The van der Waals surface area contributed by atoms with E-state index < -0.39 is 0 Å². The molecule has 1 N–H and O–H groups in total. The number of nitrogens with one attached hydrogen (secondary N) is 1. The summed E-state index contributed by atoms with van der Waals surface area (Å²) in [5.41, 5.74) is 1.30. The van der Waals surface area contributed by atoms with Gasteiger partial charge < -0.3 is 5.32 Å².